The van der Waals surface area contributed by atoms with Crippen LogP contribution >= 0.6 is 0 Å². The Hall–Kier alpha value is -0.690. The van der Waals surface area contributed by atoms with Crippen LogP contribution in [0.3, 0.4) is 0 Å². The van der Waals surface area contributed by atoms with E-state index in [1.807, 2.05) is 0 Å². The lowest BCUT2D eigenvalue weighted by Crippen LogP contribution is -2.29. The Morgan fingerprint density at radius 2 is 1.94 bits per heavy atom. The van der Waals surface area contributed by atoms with Crippen LogP contribution in [0.25, 0.3) is 0 Å². The Bertz CT molecular complexity index is 179. The second-order valence-electron chi connectivity index (χ2n) is 3.50. The second kappa shape index (κ2) is 13.4. The summed E-state index contributed by atoms with van der Waals surface area (Å²) in [5.74, 6) is -0.0984. The molecule has 6 heteroatoms. The molecule has 0 spiro atoms. The molecule has 17 heavy (non-hydrogen) atoms. The van der Waals surface area contributed by atoms with Crippen molar-refractivity contribution in [3.63, 3.8) is 0 Å². The second-order valence-corrected chi connectivity index (χ2v) is 3.50. The van der Waals surface area contributed by atoms with Crippen molar-refractivity contribution in [2.24, 2.45) is 5.73 Å². The molecule has 0 rings (SSSR count). The number of nitrogens with two attached hydrogens (primary N) is 1. The van der Waals surface area contributed by atoms with Gasteiger partial charge in [-0.25, -0.2) is 0 Å². The zero-order valence-corrected chi connectivity index (χ0v) is 10.6. The Morgan fingerprint density at radius 3 is 2.65 bits per heavy atom. The molecule has 0 aliphatic heterocycles. The van der Waals surface area contributed by atoms with E-state index >= 15 is 0 Å². The van der Waals surface area contributed by atoms with Crippen LogP contribution in [0.1, 0.15) is 12.8 Å². The molecule has 0 aromatic carbocycles. The summed E-state index contributed by atoms with van der Waals surface area (Å²) < 4.78 is 15.1. The highest BCUT2D eigenvalue weighted by Crippen LogP contribution is 1.89. The average Bonchev–Trinajstić information content (AvgIpc) is 2.33. The van der Waals surface area contributed by atoms with Crippen LogP contribution in [0.15, 0.2) is 0 Å². The summed E-state index contributed by atoms with van der Waals surface area (Å²) in [6, 6.07) is 0. The average molecular weight is 248 g/mol. The van der Waals surface area contributed by atoms with E-state index in [4.69, 9.17) is 19.9 Å². The highest BCUT2D eigenvalue weighted by atomic mass is 16.5. The lowest BCUT2D eigenvalue weighted by Gasteiger charge is -2.06. The number of methoxy groups -OCH3 is 1. The number of hydrogen-bond acceptors (Lipinski definition) is 5. The Labute approximate surface area is 103 Å². The first-order valence-corrected chi connectivity index (χ1v) is 5.92. The smallest absolute Gasteiger partial charge is 0.245 e. The van der Waals surface area contributed by atoms with E-state index in [0.717, 1.165) is 12.8 Å². The molecule has 0 atom stereocenters. The Balaban J connectivity index is 3.08. The number of carbonyl (C=O) groups excluding carboxylic acids is 1. The molecule has 0 aromatic rings. The minimum atomic E-state index is -0.0984. The van der Waals surface area contributed by atoms with Gasteiger partial charge in [-0.05, 0) is 12.8 Å². The van der Waals surface area contributed by atoms with Crippen molar-refractivity contribution < 1.29 is 19.0 Å². The first kappa shape index (κ1) is 16.3. The van der Waals surface area contributed by atoms with Crippen LogP contribution in [0.5, 0.6) is 0 Å². The van der Waals surface area contributed by atoms with Gasteiger partial charge >= 0.3 is 0 Å². The van der Waals surface area contributed by atoms with Crippen molar-refractivity contribution >= 4 is 5.91 Å². The van der Waals surface area contributed by atoms with E-state index in [-0.39, 0.29) is 12.5 Å². The minimum absolute atomic E-state index is 0.0849. The molecule has 0 aromatic heterocycles. The first-order valence-electron chi connectivity index (χ1n) is 5.92. The van der Waals surface area contributed by atoms with Crippen molar-refractivity contribution in [3.05, 3.63) is 0 Å². The molecule has 0 bridgehead atoms. The van der Waals surface area contributed by atoms with Crippen molar-refractivity contribution in [2.75, 3.05) is 53.2 Å². The predicted molar refractivity (Wildman–Crippen MR) is 64.8 cm³/mol. The Kier molecular flexibility index (Phi) is 12.8. The van der Waals surface area contributed by atoms with E-state index in [9.17, 15) is 4.79 Å². The molecule has 0 heterocycles. The fourth-order valence-electron chi connectivity index (χ4n) is 1.10. The zero-order valence-electron chi connectivity index (χ0n) is 10.6. The maximum absolute atomic E-state index is 11.2. The number of nitrogens with one attached hydrogen (secondary N) is 1. The maximum atomic E-state index is 11.2. The van der Waals surface area contributed by atoms with E-state index in [1.54, 1.807) is 7.11 Å². The van der Waals surface area contributed by atoms with Crippen LogP contribution in [0.2, 0.25) is 0 Å². The molecule has 0 radical (unpaired) electrons. The third-order valence-corrected chi connectivity index (χ3v) is 1.96. The first-order chi connectivity index (χ1) is 8.31. The standard InChI is InChI=1S/C11H24N2O4/c1-15-8-9-16-6-3-2-5-13-11(14)10-17-7-4-12/h2-10,12H2,1H3,(H,13,14). The van der Waals surface area contributed by atoms with Gasteiger partial charge in [0.1, 0.15) is 6.61 Å². The molecule has 1 amide bonds. The third-order valence-electron chi connectivity index (χ3n) is 1.96. The normalized spacial score (nSPS) is 10.5. The monoisotopic (exact) mass is 248 g/mol. The summed E-state index contributed by atoms with van der Waals surface area (Å²) in [7, 11) is 1.64. The molecule has 102 valence electrons. The van der Waals surface area contributed by atoms with Gasteiger partial charge in [-0.15, -0.1) is 0 Å². The number of carbonyl (C=O) groups is 1. The van der Waals surface area contributed by atoms with E-state index in [2.05, 4.69) is 5.32 Å². The highest BCUT2D eigenvalue weighted by Gasteiger charge is 1.99. The molecule has 0 saturated heterocycles. The summed E-state index contributed by atoms with van der Waals surface area (Å²) in [4.78, 5) is 11.2. The van der Waals surface area contributed by atoms with Crippen molar-refractivity contribution in [1.29, 1.82) is 0 Å². The Morgan fingerprint density at radius 1 is 1.12 bits per heavy atom. The van der Waals surface area contributed by atoms with Gasteiger partial charge in [0.15, 0.2) is 0 Å². The molecule has 0 fully saturated rings. The van der Waals surface area contributed by atoms with Gasteiger partial charge in [0.05, 0.1) is 19.8 Å². The highest BCUT2D eigenvalue weighted by molar-refractivity contribution is 5.77. The summed E-state index contributed by atoms with van der Waals surface area (Å²) in [5.41, 5.74) is 5.22. The van der Waals surface area contributed by atoms with Crippen LogP contribution in [-0.4, -0.2) is 59.1 Å². The van der Waals surface area contributed by atoms with Crippen LogP contribution in [-0.2, 0) is 19.0 Å². The van der Waals surface area contributed by atoms with E-state index in [1.165, 1.54) is 0 Å². The zero-order chi connectivity index (χ0) is 12.8. The van der Waals surface area contributed by atoms with Crippen molar-refractivity contribution in [3.8, 4) is 0 Å². The summed E-state index contributed by atoms with van der Waals surface area (Å²) in [6.45, 7) is 3.53. The quantitative estimate of drug-likeness (QED) is 0.456. The van der Waals surface area contributed by atoms with Gasteiger partial charge in [0, 0.05) is 26.8 Å². The van der Waals surface area contributed by atoms with Gasteiger partial charge in [-0.3, -0.25) is 4.79 Å². The van der Waals surface area contributed by atoms with Crippen molar-refractivity contribution in [1.82, 2.24) is 5.32 Å². The van der Waals surface area contributed by atoms with Crippen molar-refractivity contribution in [2.45, 2.75) is 12.8 Å². The van der Waals surface area contributed by atoms with Crippen LogP contribution in [0.4, 0.5) is 0 Å². The maximum Gasteiger partial charge on any atom is 0.245 e. The van der Waals surface area contributed by atoms with Gasteiger partial charge in [-0.1, -0.05) is 0 Å². The number of ether oxygens (including phenoxy) is 3. The lowest BCUT2D eigenvalue weighted by molar-refractivity contribution is -0.125. The van der Waals surface area contributed by atoms with Crippen LogP contribution < -0.4 is 11.1 Å². The molecule has 6 nitrogen and oxygen atoms in total. The molecule has 0 unspecified atom stereocenters. The molecule has 0 aliphatic carbocycles. The predicted octanol–water partition coefficient (Wildman–Crippen LogP) is -0.479. The van der Waals surface area contributed by atoms with E-state index in [0.29, 0.717) is 39.5 Å². The lowest BCUT2D eigenvalue weighted by atomic mass is 10.3. The van der Waals surface area contributed by atoms with E-state index < -0.39 is 0 Å². The SMILES string of the molecule is COCCOCCCCNC(=O)COCCN. The molecule has 0 aliphatic rings. The number of unbranched alkanes of at least 4 members (excludes halogenated alkanes) is 1. The van der Waals surface area contributed by atoms with Gasteiger partial charge in [0.2, 0.25) is 5.91 Å². The molecular weight excluding hydrogens is 224 g/mol. The molecule has 3 N–H and O–H groups in total. The number of rotatable bonds is 12. The molecule has 0 saturated carbocycles. The van der Waals surface area contributed by atoms with Gasteiger partial charge < -0.3 is 25.3 Å². The van der Waals surface area contributed by atoms with Crippen LogP contribution in [0, 0.1) is 0 Å². The van der Waals surface area contributed by atoms with Gasteiger partial charge in [-0.2, -0.15) is 0 Å². The summed E-state index contributed by atoms with van der Waals surface area (Å²) >= 11 is 0. The topological polar surface area (TPSA) is 82.8 Å². The van der Waals surface area contributed by atoms with Gasteiger partial charge in [0.25, 0.3) is 0 Å². The number of amides is 1. The largest absolute Gasteiger partial charge is 0.382 e. The minimum Gasteiger partial charge on any atom is -0.382 e. The fraction of sp³-hybridized carbons (Fsp3) is 0.909. The summed E-state index contributed by atoms with van der Waals surface area (Å²) in [5, 5.41) is 2.76. The molecular formula is C11H24N2O4. The summed E-state index contributed by atoms with van der Waals surface area (Å²) in [6.07, 6.45) is 1.82. The number of hydrogen-bond donors (Lipinski definition) is 2. The third kappa shape index (κ3) is 13.2. The fourth-order valence-corrected chi connectivity index (χ4v) is 1.10.